The standard InChI is InChI=1S/C21H38O3/c1-3-5-7-9-10-12-14-16-18(15-13-11-8-6-4-2)19-17-20(22)24-21(19)23/h18-19H,3-17H2,1-2H3. The molecule has 0 spiro atoms. The van der Waals surface area contributed by atoms with Gasteiger partial charge in [-0.15, -0.1) is 0 Å². The van der Waals surface area contributed by atoms with Crippen molar-refractivity contribution >= 4 is 11.9 Å². The van der Waals surface area contributed by atoms with Gasteiger partial charge in [-0.1, -0.05) is 90.9 Å². The number of unbranched alkanes of at least 4 members (excludes halogenated alkanes) is 10. The molecule has 0 radical (unpaired) electrons. The SMILES string of the molecule is CCCCCCCCCC(CCCCCCC)C1CC(=O)OC1=O. The van der Waals surface area contributed by atoms with E-state index in [2.05, 4.69) is 13.8 Å². The maximum Gasteiger partial charge on any atom is 0.317 e. The lowest BCUT2D eigenvalue weighted by atomic mass is 9.82. The van der Waals surface area contributed by atoms with E-state index in [0.29, 0.717) is 12.3 Å². The number of carbonyl (C=O) groups is 2. The first-order valence-corrected chi connectivity index (χ1v) is 10.4. The molecular formula is C21H38O3. The number of hydrogen-bond acceptors (Lipinski definition) is 3. The molecule has 1 aliphatic rings. The monoisotopic (exact) mass is 338 g/mol. The number of cyclic esters (lactones) is 2. The van der Waals surface area contributed by atoms with Crippen molar-refractivity contribution in [1.29, 1.82) is 0 Å². The molecule has 0 amide bonds. The Bertz CT molecular complexity index is 351. The largest absolute Gasteiger partial charge is 0.393 e. The molecule has 24 heavy (non-hydrogen) atoms. The van der Waals surface area contributed by atoms with E-state index >= 15 is 0 Å². The quantitative estimate of drug-likeness (QED) is 0.203. The Kier molecular flexibility index (Phi) is 11.9. The van der Waals surface area contributed by atoms with Crippen LogP contribution in [0.3, 0.4) is 0 Å². The van der Waals surface area contributed by atoms with Gasteiger partial charge < -0.3 is 4.74 Å². The first-order valence-electron chi connectivity index (χ1n) is 10.4. The fraction of sp³-hybridized carbons (Fsp3) is 0.905. The van der Waals surface area contributed by atoms with Crippen LogP contribution in [0.1, 0.15) is 110 Å². The highest BCUT2D eigenvalue weighted by molar-refractivity contribution is 5.94. The van der Waals surface area contributed by atoms with Gasteiger partial charge in [-0.25, -0.2) is 0 Å². The summed E-state index contributed by atoms with van der Waals surface area (Å²) in [5, 5.41) is 0. The number of ether oxygens (including phenoxy) is 1. The maximum absolute atomic E-state index is 11.9. The zero-order valence-electron chi connectivity index (χ0n) is 16.0. The number of carbonyl (C=O) groups excluding carboxylic acids is 2. The van der Waals surface area contributed by atoms with Crippen LogP contribution in [0, 0.1) is 11.8 Å². The molecule has 140 valence electrons. The lowest BCUT2D eigenvalue weighted by Gasteiger charge is -2.20. The molecule has 1 heterocycles. The van der Waals surface area contributed by atoms with Crippen LogP contribution in [0.15, 0.2) is 0 Å². The molecule has 0 aromatic rings. The molecule has 2 unspecified atom stereocenters. The fourth-order valence-corrected chi connectivity index (χ4v) is 3.77. The van der Waals surface area contributed by atoms with Gasteiger partial charge in [0, 0.05) is 0 Å². The smallest absolute Gasteiger partial charge is 0.317 e. The summed E-state index contributed by atoms with van der Waals surface area (Å²) in [7, 11) is 0. The molecule has 0 aromatic heterocycles. The van der Waals surface area contributed by atoms with E-state index in [1.807, 2.05) is 0 Å². The molecule has 3 nitrogen and oxygen atoms in total. The molecule has 0 bridgehead atoms. The third-order valence-corrected chi connectivity index (χ3v) is 5.33. The van der Waals surface area contributed by atoms with E-state index < -0.39 is 0 Å². The summed E-state index contributed by atoms with van der Waals surface area (Å²) in [4.78, 5) is 23.3. The number of hydrogen-bond donors (Lipinski definition) is 0. The molecule has 3 heteroatoms. The minimum Gasteiger partial charge on any atom is -0.393 e. The summed E-state index contributed by atoms with van der Waals surface area (Å²) < 4.78 is 4.79. The van der Waals surface area contributed by atoms with Crippen LogP contribution in [0.4, 0.5) is 0 Å². The van der Waals surface area contributed by atoms with Gasteiger partial charge >= 0.3 is 11.9 Å². The molecule has 1 saturated heterocycles. The maximum atomic E-state index is 11.9. The Labute approximate surface area is 148 Å². The van der Waals surface area contributed by atoms with Crippen molar-refractivity contribution in [1.82, 2.24) is 0 Å². The predicted molar refractivity (Wildman–Crippen MR) is 98.7 cm³/mol. The second-order valence-corrected chi connectivity index (χ2v) is 7.48. The summed E-state index contributed by atoms with van der Waals surface area (Å²) in [6.07, 6.45) is 17.8. The minimum atomic E-state index is -0.319. The van der Waals surface area contributed by atoms with Crippen molar-refractivity contribution in [2.24, 2.45) is 11.8 Å². The normalized spacial score (nSPS) is 18.8. The second kappa shape index (κ2) is 13.4. The molecule has 2 atom stereocenters. The summed E-state index contributed by atoms with van der Waals surface area (Å²) >= 11 is 0. The van der Waals surface area contributed by atoms with Gasteiger partial charge in [0.1, 0.15) is 0 Å². The van der Waals surface area contributed by atoms with Crippen LogP contribution < -0.4 is 0 Å². The van der Waals surface area contributed by atoms with E-state index in [4.69, 9.17) is 4.74 Å². The molecule has 0 aliphatic carbocycles. The van der Waals surface area contributed by atoms with Gasteiger partial charge in [-0.2, -0.15) is 0 Å². The van der Waals surface area contributed by atoms with E-state index in [1.54, 1.807) is 0 Å². The van der Waals surface area contributed by atoms with Crippen LogP contribution in [-0.4, -0.2) is 11.9 Å². The molecule has 0 N–H and O–H groups in total. The van der Waals surface area contributed by atoms with Gasteiger partial charge in [0.15, 0.2) is 0 Å². The highest BCUT2D eigenvalue weighted by Crippen LogP contribution is 2.32. The zero-order valence-corrected chi connectivity index (χ0v) is 16.0. The first-order chi connectivity index (χ1) is 11.7. The van der Waals surface area contributed by atoms with Crippen molar-refractivity contribution < 1.29 is 14.3 Å². The van der Waals surface area contributed by atoms with Crippen molar-refractivity contribution in [3.8, 4) is 0 Å². The van der Waals surface area contributed by atoms with Gasteiger partial charge in [-0.3, -0.25) is 9.59 Å². The van der Waals surface area contributed by atoms with Crippen molar-refractivity contribution in [3.05, 3.63) is 0 Å². The Morgan fingerprint density at radius 3 is 1.67 bits per heavy atom. The van der Waals surface area contributed by atoms with Gasteiger partial charge in [-0.05, 0) is 18.8 Å². The first kappa shape index (κ1) is 21.2. The summed E-state index contributed by atoms with van der Waals surface area (Å²) in [5.74, 6) is -0.396. The molecule has 0 aromatic carbocycles. The second-order valence-electron chi connectivity index (χ2n) is 7.48. The third-order valence-electron chi connectivity index (χ3n) is 5.33. The van der Waals surface area contributed by atoms with Crippen LogP contribution >= 0.6 is 0 Å². The topological polar surface area (TPSA) is 43.4 Å². The van der Waals surface area contributed by atoms with Crippen LogP contribution in [0.5, 0.6) is 0 Å². The fourth-order valence-electron chi connectivity index (χ4n) is 3.77. The van der Waals surface area contributed by atoms with E-state index in [0.717, 1.165) is 12.8 Å². The van der Waals surface area contributed by atoms with Gasteiger partial charge in [0.25, 0.3) is 0 Å². The van der Waals surface area contributed by atoms with Gasteiger partial charge in [0.05, 0.1) is 12.3 Å². The Morgan fingerprint density at radius 1 is 0.792 bits per heavy atom. The van der Waals surface area contributed by atoms with Crippen molar-refractivity contribution in [2.75, 3.05) is 0 Å². The summed E-state index contributed by atoms with van der Waals surface area (Å²) in [6, 6.07) is 0. The molecule has 1 rings (SSSR count). The summed E-state index contributed by atoms with van der Waals surface area (Å²) in [6.45, 7) is 4.47. The zero-order chi connectivity index (χ0) is 17.6. The highest BCUT2D eigenvalue weighted by Gasteiger charge is 2.38. The number of esters is 2. The summed E-state index contributed by atoms with van der Waals surface area (Å²) in [5.41, 5.74) is 0. The predicted octanol–water partition coefficient (Wildman–Crippen LogP) is 6.19. The van der Waals surface area contributed by atoms with E-state index in [1.165, 1.54) is 77.0 Å². The van der Waals surface area contributed by atoms with Crippen LogP contribution in [-0.2, 0) is 14.3 Å². The molecule has 1 fully saturated rings. The minimum absolute atomic E-state index is 0.163. The lowest BCUT2D eigenvalue weighted by Crippen LogP contribution is -2.19. The third kappa shape index (κ3) is 8.84. The Morgan fingerprint density at radius 2 is 1.25 bits per heavy atom. The van der Waals surface area contributed by atoms with Crippen molar-refractivity contribution in [2.45, 2.75) is 110 Å². The van der Waals surface area contributed by atoms with Crippen molar-refractivity contribution in [3.63, 3.8) is 0 Å². The number of rotatable bonds is 15. The average molecular weight is 339 g/mol. The van der Waals surface area contributed by atoms with Gasteiger partial charge in [0.2, 0.25) is 0 Å². The van der Waals surface area contributed by atoms with Crippen LogP contribution in [0.2, 0.25) is 0 Å². The Hall–Kier alpha value is -0.860. The van der Waals surface area contributed by atoms with E-state index in [-0.39, 0.29) is 17.9 Å². The molecule has 1 aliphatic heterocycles. The molecule has 0 saturated carbocycles. The molecular weight excluding hydrogens is 300 g/mol. The Balaban J connectivity index is 2.29. The highest BCUT2D eigenvalue weighted by atomic mass is 16.6. The lowest BCUT2D eigenvalue weighted by molar-refractivity contribution is -0.153. The van der Waals surface area contributed by atoms with Crippen LogP contribution in [0.25, 0.3) is 0 Å². The van der Waals surface area contributed by atoms with E-state index in [9.17, 15) is 9.59 Å². The average Bonchev–Trinajstić information content (AvgIpc) is 2.90.